The second kappa shape index (κ2) is 5.71. The van der Waals surface area contributed by atoms with E-state index in [4.69, 9.17) is 9.47 Å². The highest BCUT2D eigenvalue weighted by Gasteiger charge is 2.35. The Balaban J connectivity index is 2.37. The number of amides is 1. The molecule has 0 unspecified atom stereocenters. The van der Waals surface area contributed by atoms with E-state index >= 15 is 0 Å². The minimum atomic E-state index is -0.665. The van der Waals surface area contributed by atoms with Crippen molar-refractivity contribution in [2.24, 2.45) is 0 Å². The maximum atomic E-state index is 13.3. The molecule has 0 N–H and O–H groups in total. The Morgan fingerprint density at radius 3 is 2.86 bits per heavy atom. The molecule has 1 aliphatic rings. The number of carbonyl (C=O) groups is 2. The van der Waals surface area contributed by atoms with Crippen LogP contribution in [0, 0.1) is 5.82 Å². The number of anilines is 1. The van der Waals surface area contributed by atoms with E-state index in [1.165, 1.54) is 23.1 Å². The van der Waals surface area contributed by atoms with Crippen LogP contribution in [0.1, 0.15) is 27.2 Å². The lowest BCUT2D eigenvalue weighted by atomic mass is 10.1. The molecule has 0 spiro atoms. The van der Waals surface area contributed by atoms with Gasteiger partial charge in [0, 0.05) is 12.5 Å². The van der Waals surface area contributed by atoms with E-state index in [1.807, 2.05) is 0 Å². The van der Waals surface area contributed by atoms with Crippen molar-refractivity contribution < 1.29 is 23.5 Å². The number of benzene rings is 1. The predicted octanol–water partition coefficient (Wildman–Crippen LogP) is 2.92. The summed E-state index contributed by atoms with van der Waals surface area (Å²) in [6.07, 6.45) is 0.265. The first kappa shape index (κ1) is 15.3. The van der Waals surface area contributed by atoms with Gasteiger partial charge < -0.3 is 14.3 Å². The zero-order chi connectivity index (χ0) is 15.6. The molecule has 2 rings (SSSR count). The van der Waals surface area contributed by atoms with Crippen LogP contribution in [-0.4, -0.2) is 30.6 Å². The summed E-state index contributed by atoms with van der Waals surface area (Å²) in [5.74, 6) is -0.185. The van der Waals surface area contributed by atoms with Gasteiger partial charge >= 0.3 is 6.09 Å². The van der Waals surface area contributed by atoms with Crippen LogP contribution in [0.5, 0.6) is 5.75 Å². The number of hydrogen-bond donors (Lipinski definition) is 0. The molecule has 0 saturated heterocycles. The SMILES string of the molecule is CC(C)(C)OC(=O)N1c2ccc(F)cc2OC[C@@H]1CC=O. The predicted molar refractivity (Wildman–Crippen MR) is 75.1 cm³/mol. The molecule has 0 aromatic heterocycles. The molecule has 0 saturated carbocycles. The van der Waals surface area contributed by atoms with E-state index in [9.17, 15) is 14.0 Å². The molecule has 1 atom stereocenters. The standard InChI is InChI=1S/C15H18FNO4/c1-15(2,3)21-14(19)17-11(6-7-18)9-20-13-8-10(16)4-5-12(13)17/h4-5,7-8,11H,6,9H2,1-3H3/t11-/m0/s1. The highest BCUT2D eigenvalue weighted by atomic mass is 19.1. The molecule has 1 aliphatic heterocycles. The fourth-order valence-corrected chi connectivity index (χ4v) is 2.10. The third-order valence-corrected chi connectivity index (χ3v) is 2.94. The molecule has 6 heteroatoms. The Morgan fingerprint density at radius 1 is 1.52 bits per heavy atom. The van der Waals surface area contributed by atoms with Crippen LogP contribution in [0.4, 0.5) is 14.9 Å². The van der Waals surface area contributed by atoms with Gasteiger partial charge in [-0.3, -0.25) is 4.90 Å². The first-order chi connectivity index (χ1) is 9.81. The van der Waals surface area contributed by atoms with E-state index < -0.39 is 23.6 Å². The van der Waals surface area contributed by atoms with Gasteiger partial charge in [0.05, 0.1) is 11.7 Å². The van der Waals surface area contributed by atoms with Crippen molar-refractivity contribution in [1.82, 2.24) is 0 Å². The van der Waals surface area contributed by atoms with Crippen molar-refractivity contribution in [3.05, 3.63) is 24.0 Å². The van der Waals surface area contributed by atoms with E-state index in [-0.39, 0.29) is 18.8 Å². The van der Waals surface area contributed by atoms with Gasteiger partial charge in [-0.15, -0.1) is 0 Å². The van der Waals surface area contributed by atoms with Crippen molar-refractivity contribution in [3.8, 4) is 5.75 Å². The summed E-state index contributed by atoms with van der Waals surface area (Å²) < 4.78 is 24.1. The second-order valence-electron chi connectivity index (χ2n) is 5.83. The number of fused-ring (bicyclic) bond motifs is 1. The molecule has 5 nitrogen and oxygen atoms in total. The maximum absolute atomic E-state index is 13.3. The van der Waals surface area contributed by atoms with Gasteiger partial charge in [0.1, 0.15) is 30.1 Å². The smallest absolute Gasteiger partial charge is 0.415 e. The largest absolute Gasteiger partial charge is 0.489 e. The minimum Gasteiger partial charge on any atom is -0.489 e. The molecule has 0 bridgehead atoms. The number of rotatable bonds is 2. The third-order valence-electron chi connectivity index (χ3n) is 2.94. The summed E-state index contributed by atoms with van der Waals surface area (Å²) in [5.41, 5.74) is -0.259. The van der Waals surface area contributed by atoms with Crippen molar-refractivity contribution in [3.63, 3.8) is 0 Å². The lowest BCUT2D eigenvalue weighted by Crippen LogP contribution is -2.49. The van der Waals surface area contributed by atoms with Gasteiger partial charge in [-0.05, 0) is 32.9 Å². The molecule has 1 heterocycles. The van der Waals surface area contributed by atoms with Crippen LogP contribution in [0.15, 0.2) is 18.2 Å². The molecule has 1 amide bonds. The van der Waals surface area contributed by atoms with E-state index in [0.29, 0.717) is 5.69 Å². The highest BCUT2D eigenvalue weighted by Crippen LogP contribution is 2.36. The van der Waals surface area contributed by atoms with Crippen molar-refractivity contribution >= 4 is 18.1 Å². The first-order valence-electron chi connectivity index (χ1n) is 6.70. The van der Waals surface area contributed by atoms with Gasteiger partial charge in [-0.1, -0.05) is 0 Å². The number of aldehydes is 1. The summed E-state index contributed by atoms with van der Waals surface area (Å²) in [6.45, 7) is 5.39. The molecule has 21 heavy (non-hydrogen) atoms. The van der Waals surface area contributed by atoms with Crippen molar-refractivity contribution in [2.45, 2.75) is 38.8 Å². The third kappa shape index (κ3) is 3.51. The van der Waals surface area contributed by atoms with Crippen LogP contribution in [0.3, 0.4) is 0 Å². The number of carbonyl (C=O) groups excluding carboxylic acids is 2. The Hall–Kier alpha value is -2.11. The van der Waals surface area contributed by atoms with Crippen LogP contribution < -0.4 is 9.64 Å². The first-order valence-corrected chi connectivity index (χ1v) is 6.70. The van der Waals surface area contributed by atoms with E-state index in [1.54, 1.807) is 20.8 Å². The zero-order valence-electron chi connectivity index (χ0n) is 12.3. The number of halogens is 1. The lowest BCUT2D eigenvalue weighted by molar-refractivity contribution is -0.108. The fourth-order valence-electron chi connectivity index (χ4n) is 2.10. The molecule has 0 aliphatic carbocycles. The minimum absolute atomic E-state index is 0.119. The molecule has 0 fully saturated rings. The maximum Gasteiger partial charge on any atom is 0.415 e. The van der Waals surface area contributed by atoms with Gasteiger partial charge in [0.15, 0.2) is 0 Å². The zero-order valence-corrected chi connectivity index (χ0v) is 12.3. The highest BCUT2D eigenvalue weighted by molar-refractivity contribution is 5.91. The van der Waals surface area contributed by atoms with Crippen molar-refractivity contribution in [2.75, 3.05) is 11.5 Å². The average molecular weight is 295 g/mol. The van der Waals surface area contributed by atoms with Crippen LogP contribution in [-0.2, 0) is 9.53 Å². The van der Waals surface area contributed by atoms with E-state index in [0.717, 1.165) is 6.29 Å². The van der Waals surface area contributed by atoms with Crippen LogP contribution in [0.2, 0.25) is 0 Å². The average Bonchev–Trinajstić information content (AvgIpc) is 2.36. The molecule has 114 valence electrons. The van der Waals surface area contributed by atoms with Gasteiger partial charge in [0.25, 0.3) is 0 Å². The second-order valence-corrected chi connectivity index (χ2v) is 5.83. The van der Waals surface area contributed by atoms with Gasteiger partial charge in [-0.2, -0.15) is 0 Å². The lowest BCUT2D eigenvalue weighted by Gasteiger charge is -2.37. The topological polar surface area (TPSA) is 55.8 Å². The quantitative estimate of drug-likeness (QED) is 0.787. The van der Waals surface area contributed by atoms with Crippen LogP contribution in [0.25, 0.3) is 0 Å². The number of ether oxygens (including phenoxy) is 2. The monoisotopic (exact) mass is 295 g/mol. The number of nitrogens with zero attached hydrogens (tertiary/aromatic N) is 1. The summed E-state index contributed by atoms with van der Waals surface area (Å²) in [5, 5.41) is 0. The molecular formula is C15H18FNO4. The molecule has 0 radical (unpaired) electrons. The molecular weight excluding hydrogens is 277 g/mol. The Kier molecular flexibility index (Phi) is 4.16. The molecule has 1 aromatic rings. The fraction of sp³-hybridized carbons (Fsp3) is 0.467. The Morgan fingerprint density at radius 2 is 2.24 bits per heavy atom. The summed E-state index contributed by atoms with van der Waals surface area (Å²) in [6, 6.07) is 3.44. The molecule has 1 aromatic carbocycles. The number of hydrogen-bond acceptors (Lipinski definition) is 4. The van der Waals surface area contributed by atoms with Gasteiger partial charge in [-0.25, -0.2) is 9.18 Å². The van der Waals surface area contributed by atoms with Crippen molar-refractivity contribution in [1.29, 1.82) is 0 Å². The van der Waals surface area contributed by atoms with Gasteiger partial charge in [0.2, 0.25) is 0 Å². The normalized spacial score (nSPS) is 17.7. The summed E-state index contributed by atoms with van der Waals surface area (Å²) in [7, 11) is 0. The van der Waals surface area contributed by atoms with Crippen LogP contribution >= 0.6 is 0 Å². The van der Waals surface area contributed by atoms with E-state index in [2.05, 4.69) is 0 Å². The Labute approximate surface area is 122 Å². The summed E-state index contributed by atoms with van der Waals surface area (Å²) >= 11 is 0. The summed E-state index contributed by atoms with van der Waals surface area (Å²) in [4.78, 5) is 24.5. The Bertz CT molecular complexity index is 553.